The Morgan fingerprint density at radius 1 is 1.07 bits per heavy atom. The minimum absolute atomic E-state index is 0.0140. The summed E-state index contributed by atoms with van der Waals surface area (Å²) in [5, 5.41) is 8.09. The molecule has 2 aromatic carbocycles. The van der Waals surface area contributed by atoms with Gasteiger partial charge in [-0.15, -0.1) is 0 Å². The molecule has 1 N–H and O–H groups in total. The van der Waals surface area contributed by atoms with Crippen LogP contribution in [0.4, 0.5) is 5.69 Å². The number of nitrogens with one attached hydrogen (secondary N) is 1. The van der Waals surface area contributed by atoms with Crippen LogP contribution >= 0.6 is 23.2 Å². The lowest BCUT2D eigenvalue weighted by Crippen LogP contribution is -2.23. The van der Waals surface area contributed by atoms with Crippen molar-refractivity contribution in [3.63, 3.8) is 0 Å². The minimum atomic E-state index is -0.347. The van der Waals surface area contributed by atoms with Crippen molar-refractivity contribution in [2.75, 3.05) is 19.4 Å². The second-order valence-electron chi connectivity index (χ2n) is 7.12. The van der Waals surface area contributed by atoms with Crippen molar-refractivity contribution >= 4 is 40.7 Å². The van der Waals surface area contributed by atoms with E-state index in [4.69, 9.17) is 23.2 Å². The first kappa shape index (κ1) is 21.9. The number of benzene rings is 2. The van der Waals surface area contributed by atoms with Crippen LogP contribution in [-0.4, -0.2) is 40.6 Å². The Kier molecular flexibility index (Phi) is 6.80. The van der Waals surface area contributed by atoms with Crippen LogP contribution in [0.1, 0.15) is 27.2 Å². The van der Waals surface area contributed by atoms with Gasteiger partial charge in [0.2, 0.25) is 5.91 Å². The second-order valence-corrected chi connectivity index (χ2v) is 7.88. The number of likely N-dealkylation sites (N-methyl/N-ethyl adjacent to an activating group) is 1. The highest BCUT2D eigenvalue weighted by atomic mass is 35.5. The van der Waals surface area contributed by atoms with Gasteiger partial charge in [-0.1, -0.05) is 53.5 Å². The Morgan fingerprint density at radius 2 is 1.73 bits per heavy atom. The first-order chi connectivity index (χ1) is 14.3. The largest absolute Gasteiger partial charge is 0.349 e. The van der Waals surface area contributed by atoms with Gasteiger partial charge in [0.15, 0.2) is 0 Å². The van der Waals surface area contributed by atoms with Gasteiger partial charge in [0.05, 0.1) is 24.2 Å². The van der Waals surface area contributed by atoms with Gasteiger partial charge < -0.3 is 10.2 Å². The van der Waals surface area contributed by atoms with Crippen LogP contribution in [0.5, 0.6) is 0 Å². The molecular weight excluding hydrogens is 423 g/mol. The number of rotatable bonds is 6. The van der Waals surface area contributed by atoms with Crippen molar-refractivity contribution in [3.05, 3.63) is 81.1 Å². The predicted octanol–water partition coefficient (Wildman–Crippen LogP) is 4.43. The number of aromatic nitrogens is 2. The third-order valence-corrected chi connectivity index (χ3v) is 5.39. The first-order valence-corrected chi connectivity index (χ1v) is 10.1. The smallest absolute Gasteiger partial charge is 0.260 e. The van der Waals surface area contributed by atoms with Crippen LogP contribution in [0, 0.1) is 6.92 Å². The van der Waals surface area contributed by atoms with Crippen LogP contribution in [0.2, 0.25) is 10.2 Å². The number of nitrogens with zero attached hydrogens (tertiary/aromatic N) is 3. The van der Waals surface area contributed by atoms with Gasteiger partial charge in [0.1, 0.15) is 5.15 Å². The van der Waals surface area contributed by atoms with E-state index in [1.807, 2.05) is 30.3 Å². The average molecular weight is 445 g/mol. The molecule has 1 heterocycles. The summed E-state index contributed by atoms with van der Waals surface area (Å²) in [5.41, 5.74) is 3.18. The molecular formula is C22H22Cl2N4O2. The molecule has 3 aromatic rings. The van der Waals surface area contributed by atoms with Gasteiger partial charge in [-0.3, -0.25) is 9.59 Å². The molecule has 0 aliphatic heterocycles. The Balaban J connectivity index is 1.73. The fourth-order valence-electron chi connectivity index (χ4n) is 2.94. The van der Waals surface area contributed by atoms with Crippen LogP contribution in [-0.2, 0) is 17.8 Å². The Hall–Kier alpha value is -2.83. The van der Waals surface area contributed by atoms with E-state index in [0.29, 0.717) is 34.9 Å². The van der Waals surface area contributed by atoms with E-state index < -0.39 is 0 Å². The molecule has 30 heavy (non-hydrogen) atoms. The van der Waals surface area contributed by atoms with Gasteiger partial charge in [-0.05, 0) is 36.2 Å². The van der Waals surface area contributed by atoms with E-state index >= 15 is 0 Å². The molecule has 0 saturated carbocycles. The van der Waals surface area contributed by atoms with Gasteiger partial charge in [0, 0.05) is 24.8 Å². The lowest BCUT2D eigenvalue weighted by atomic mass is 10.1. The third kappa shape index (κ3) is 5.01. The lowest BCUT2D eigenvalue weighted by molar-refractivity contribution is -0.127. The van der Waals surface area contributed by atoms with Crippen molar-refractivity contribution in [2.45, 2.75) is 19.9 Å². The van der Waals surface area contributed by atoms with E-state index in [1.165, 1.54) is 0 Å². The predicted molar refractivity (Wildman–Crippen MR) is 119 cm³/mol. The highest BCUT2D eigenvalue weighted by molar-refractivity contribution is 6.34. The zero-order chi connectivity index (χ0) is 21.8. The molecule has 0 fully saturated rings. The number of carbonyl (C=O) groups is 2. The second kappa shape index (κ2) is 9.32. The number of aryl methyl sites for hydroxylation is 1. The Morgan fingerprint density at radius 3 is 2.37 bits per heavy atom. The van der Waals surface area contributed by atoms with Crippen LogP contribution < -0.4 is 5.32 Å². The molecule has 0 saturated heterocycles. The van der Waals surface area contributed by atoms with Crippen molar-refractivity contribution in [3.8, 4) is 0 Å². The molecule has 0 bridgehead atoms. The number of carbonyl (C=O) groups excluding carboxylic acids is 2. The average Bonchev–Trinajstić information content (AvgIpc) is 2.98. The monoisotopic (exact) mass is 444 g/mol. The molecule has 3 rings (SSSR count). The maximum Gasteiger partial charge on any atom is 0.260 e. The normalized spacial score (nSPS) is 10.7. The van der Waals surface area contributed by atoms with Crippen molar-refractivity contribution in [2.24, 2.45) is 0 Å². The number of hydrogen-bond acceptors (Lipinski definition) is 3. The quantitative estimate of drug-likeness (QED) is 0.611. The molecule has 8 heteroatoms. The van der Waals surface area contributed by atoms with Crippen molar-refractivity contribution < 1.29 is 9.59 Å². The van der Waals surface area contributed by atoms with E-state index in [9.17, 15) is 9.59 Å². The summed E-state index contributed by atoms with van der Waals surface area (Å²) in [4.78, 5) is 26.2. The first-order valence-electron chi connectivity index (χ1n) is 9.33. The molecule has 6 nitrogen and oxygen atoms in total. The van der Waals surface area contributed by atoms with E-state index in [0.717, 1.165) is 11.1 Å². The van der Waals surface area contributed by atoms with E-state index in [1.54, 1.807) is 48.8 Å². The molecule has 0 spiro atoms. The molecule has 0 radical (unpaired) electrons. The third-order valence-electron chi connectivity index (χ3n) is 4.64. The zero-order valence-electron chi connectivity index (χ0n) is 16.9. The minimum Gasteiger partial charge on any atom is -0.349 e. The molecule has 0 atom stereocenters. The topological polar surface area (TPSA) is 67.2 Å². The van der Waals surface area contributed by atoms with Crippen molar-refractivity contribution in [1.29, 1.82) is 0 Å². The van der Waals surface area contributed by atoms with Crippen LogP contribution in [0.3, 0.4) is 0 Å². The number of amides is 2. The maximum atomic E-state index is 12.8. The Bertz CT molecular complexity index is 1080. The molecule has 1 aromatic heterocycles. The van der Waals surface area contributed by atoms with Crippen LogP contribution in [0.25, 0.3) is 0 Å². The molecule has 0 aliphatic carbocycles. The van der Waals surface area contributed by atoms with Gasteiger partial charge in [-0.2, -0.15) is 5.10 Å². The highest BCUT2D eigenvalue weighted by Gasteiger charge is 2.21. The molecule has 0 unspecified atom stereocenters. The summed E-state index contributed by atoms with van der Waals surface area (Å²) in [5.74, 6) is -0.333. The molecule has 0 aliphatic rings. The summed E-state index contributed by atoms with van der Waals surface area (Å²) in [6, 6.07) is 14.6. The summed E-state index contributed by atoms with van der Waals surface area (Å²) < 4.78 is 1.56. The molecule has 2 amide bonds. The fraction of sp³-hybridized carbons (Fsp3) is 0.227. The van der Waals surface area contributed by atoms with Gasteiger partial charge >= 0.3 is 0 Å². The number of halogens is 2. The lowest BCUT2D eigenvalue weighted by Gasteiger charge is -2.10. The fourth-order valence-corrected chi connectivity index (χ4v) is 3.45. The zero-order valence-corrected chi connectivity index (χ0v) is 18.5. The summed E-state index contributed by atoms with van der Waals surface area (Å²) in [6.07, 6.45) is 0.307. The number of hydrogen-bond donors (Lipinski definition) is 1. The number of anilines is 1. The maximum absolute atomic E-state index is 12.8. The summed E-state index contributed by atoms with van der Waals surface area (Å²) in [6.45, 7) is 2.10. The van der Waals surface area contributed by atoms with Gasteiger partial charge in [0.25, 0.3) is 5.91 Å². The summed E-state index contributed by atoms with van der Waals surface area (Å²) in [7, 11) is 3.43. The van der Waals surface area contributed by atoms with E-state index in [2.05, 4.69) is 10.4 Å². The van der Waals surface area contributed by atoms with Crippen LogP contribution in [0.15, 0.2) is 48.5 Å². The summed E-state index contributed by atoms with van der Waals surface area (Å²) >= 11 is 12.7. The SMILES string of the molecule is Cc1nn(Cc2ccccc2Cl)c(Cl)c1C(=O)Nc1ccc(CC(=O)N(C)C)cc1. The molecule has 156 valence electrons. The standard InChI is InChI=1S/C22H22Cl2N4O2/c1-14-20(21(24)28(26-14)13-16-6-4-5-7-18(16)23)22(30)25-17-10-8-15(9-11-17)12-19(29)27(2)3/h4-11H,12-13H2,1-3H3,(H,25,30). The Labute approximate surface area is 185 Å². The highest BCUT2D eigenvalue weighted by Crippen LogP contribution is 2.24. The van der Waals surface area contributed by atoms with Crippen molar-refractivity contribution in [1.82, 2.24) is 14.7 Å². The van der Waals surface area contributed by atoms with E-state index in [-0.39, 0.29) is 17.0 Å². The van der Waals surface area contributed by atoms with Gasteiger partial charge in [-0.25, -0.2) is 4.68 Å².